The van der Waals surface area contributed by atoms with Crippen LogP contribution < -0.4 is 9.47 Å². The van der Waals surface area contributed by atoms with Gasteiger partial charge in [-0.3, -0.25) is 4.79 Å². The molecule has 1 saturated heterocycles. The lowest BCUT2D eigenvalue weighted by atomic mass is 9.88. The van der Waals surface area contributed by atoms with Gasteiger partial charge in [-0.25, -0.2) is 4.39 Å². The summed E-state index contributed by atoms with van der Waals surface area (Å²) in [5, 5.41) is 0. The predicted octanol–water partition coefficient (Wildman–Crippen LogP) is 6.03. The Morgan fingerprint density at radius 3 is 2.13 bits per heavy atom. The van der Waals surface area contributed by atoms with Gasteiger partial charge in [-0.15, -0.1) is 0 Å². The van der Waals surface area contributed by atoms with Gasteiger partial charge in [-0.1, -0.05) is 45.9 Å². The molecule has 5 heteroatoms. The molecule has 1 heterocycles. The van der Waals surface area contributed by atoms with E-state index in [1.54, 1.807) is 20.3 Å². The number of Topliss-reactive ketones (excluding diaryl/α,β-unsaturated/α-hetero) is 1. The monoisotopic (exact) mass is 431 g/mol. The van der Waals surface area contributed by atoms with Crippen LogP contribution in [0.3, 0.4) is 0 Å². The number of carbonyl (C=O) groups excluding carboxylic acids is 1. The van der Waals surface area contributed by atoms with Gasteiger partial charge in [-0.05, 0) is 62.2 Å². The van der Waals surface area contributed by atoms with Gasteiger partial charge in [0.15, 0.2) is 17.3 Å². The van der Waals surface area contributed by atoms with Gasteiger partial charge < -0.3 is 14.4 Å². The van der Waals surface area contributed by atoms with Crippen LogP contribution in [0.25, 0.3) is 0 Å². The average Bonchev–Trinajstić information content (AvgIpc) is 2.85. The maximum Gasteiger partial charge on any atom is 0.171 e. The van der Waals surface area contributed by atoms with Gasteiger partial charge in [0.05, 0.1) is 19.8 Å². The average molecular weight is 432 g/mol. The Hall–Kier alpha value is -2.40. The van der Waals surface area contributed by atoms with Crippen molar-refractivity contribution in [3.63, 3.8) is 0 Å². The van der Waals surface area contributed by atoms with Gasteiger partial charge in [0.25, 0.3) is 0 Å². The number of hydrogen-bond donors (Lipinski definition) is 0. The van der Waals surface area contributed by atoms with Crippen LogP contribution in [-0.4, -0.2) is 44.5 Å². The predicted molar refractivity (Wildman–Crippen MR) is 126 cm³/mol. The summed E-state index contributed by atoms with van der Waals surface area (Å²) in [6, 6.07) is 12.1. The minimum absolute atomic E-state index is 0.00748. The summed E-state index contributed by atoms with van der Waals surface area (Å²) >= 11 is 0. The van der Waals surface area contributed by atoms with E-state index in [1.165, 1.54) is 12.1 Å². The molecule has 0 spiro atoms. The number of carbonyl (C=O) groups is 1. The summed E-state index contributed by atoms with van der Waals surface area (Å²) in [4.78, 5) is 15.3. The van der Waals surface area contributed by atoms with Crippen LogP contribution in [0.2, 0.25) is 0 Å². The highest BCUT2D eigenvalue weighted by molar-refractivity contribution is 6.01. The lowest BCUT2D eigenvalue weighted by Crippen LogP contribution is -2.37. The van der Waals surface area contributed by atoms with Crippen LogP contribution in [0.1, 0.15) is 56.5 Å². The first-order valence-electron chi connectivity index (χ1n) is 11.3. The largest absolute Gasteiger partial charge is 0.493 e. The van der Waals surface area contributed by atoms with Crippen LogP contribution in [0, 0.1) is 11.7 Å². The van der Waals surface area contributed by atoms with Crippen LogP contribution in [0.15, 0.2) is 42.5 Å². The third-order valence-electron chi connectivity index (χ3n) is 5.26. The second-order valence-corrected chi connectivity index (χ2v) is 6.90. The summed E-state index contributed by atoms with van der Waals surface area (Å²) in [6.45, 7) is 10.7. The van der Waals surface area contributed by atoms with Gasteiger partial charge in [0.2, 0.25) is 0 Å². The summed E-state index contributed by atoms with van der Waals surface area (Å²) in [5.74, 6) is 1.03. The fourth-order valence-corrected chi connectivity index (χ4v) is 3.66. The van der Waals surface area contributed by atoms with E-state index in [0.717, 1.165) is 44.5 Å². The Morgan fingerprint density at radius 1 is 0.968 bits per heavy atom. The fraction of sp³-hybridized carbons (Fsp3) is 0.500. The van der Waals surface area contributed by atoms with E-state index in [0.29, 0.717) is 17.1 Å². The number of piperidine rings is 1. The molecule has 172 valence electrons. The van der Waals surface area contributed by atoms with Gasteiger partial charge >= 0.3 is 0 Å². The number of benzene rings is 2. The van der Waals surface area contributed by atoms with Crippen LogP contribution in [-0.2, 0) is 6.42 Å². The second-order valence-electron chi connectivity index (χ2n) is 6.90. The highest BCUT2D eigenvalue weighted by atomic mass is 19.1. The Kier molecular flexibility index (Phi) is 12.5. The van der Waals surface area contributed by atoms with Crippen molar-refractivity contribution in [1.82, 2.24) is 4.90 Å². The minimum atomic E-state index is -0.203. The quantitative estimate of drug-likeness (QED) is 0.502. The molecule has 1 fully saturated rings. The molecule has 0 amide bonds. The summed E-state index contributed by atoms with van der Waals surface area (Å²) in [5.41, 5.74) is 1.73. The fourth-order valence-electron chi connectivity index (χ4n) is 3.66. The molecule has 0 atom stereocenters. The molecule has 0 radical (unpaired) electrons. The number of ether oxygens (including phenoxy) is 2. The highest BCUT2D eigenvalue weighted by Gasteiger charge is 2.28. The molecule has 0 unspecified atom stereocenters. The van der Waals surface area contributed by atoms with Crippen molar-refractivity contribution in [2.45, 2.75) is 47.0 Å². The number of para-hydroxylation sites is 1. The first kappa shape index (κ1) is 26.6. The molecule has 2 aromatic rings. The number of rotatable bonds is 7. The van der Waals surface area contributed by atoms with Gasteiger partial charge in [0.1, 0.15) is 5.82 Å². The van der Waals surface area contributed by atoms with Crippen molar-refractivity contribution >= 4 is 5.78 Å². The lowest BCUT2D eigenvalue weighted by Gasteiger charge is -2.31. The van der Waals surface area contributed by atoms with Crippen molar-refractivity contribution in [1.29, 1.82) is 0 Å². The summed E-state index contributed by atoms with van der Waals surface area (Å²) in [6.07, 6.45) is 2.56. The topological polar surface area (TPSA) is 38.8 Å². The van der Waals surface area contributed by atoms with Crippen molar-refractivity contribution in [3.05, 3.63) is 59.4 Å². The molecule has 3 rings (SSSR count). The number of likely N-dealkylation sites (tertiary alicyclic amines) is 1. The highest BCUT2D eigenvalue weighted by Crippen LogP contribution is 2.34. The van der Waals surface area contributed by atoms with Crippen LogP contribution in [0.5, 0.6) is 11.5 Å². The van der Waals surface area contributed by atoms with E-state index >= 15 is 0 Å². The third kappa shape index (κ3) is 7.66. The van der Waals surface area contributed by atoms with Gasteiger partial charge in [0, 0.05) is 12.5 Å². The molecular weight excluding hydrogens is 393 g/mol. The molecule has 0 aliphatic carbocycles. The smallest absolute Gasteiger partial charge is 0.171 e. The summed E-state index contributed by atoms with van der Waals surface area (Å²) < 4.78 is 23.7. The van der Waals surface area contributed by atoms with Crippen molar-refractivity contribution in [3.8, 4) is 11.5 Å². The Balaban J connectivity index is 0.00000113. The number of hydrogen-bond acceptors (Lipinski definition) is 4. The Bertz CT molecular complexity index is 769. The van der Waals surface area contributed by atoms with Crippen LogP contribution in [0.4, 0.5) is 4.39 Å². The Labute approximate surface area is 187 Å². The molecule has 4 nitrogen and oxygen atoms in total. The normalized spacial score (nSPS) is 13.9. The molecule has 0 aromatic heterocycles. The zero-order valence-electron chi connectivity index (χ0n) is 19.9. The van der Waals surface area contributed by atoms with Crippen molar-refractivity contribution in [2.75, 3.05) is 33.9 Å². The maximum absolute atomic E-state index is 13.0. The van der Waals surface area contributed by atoms with Gasteiger partial charge in [-0.2, -0.15) is 0 Å². The van der Waals surface area contributed by atoms with E-state index in [-0.39, 0.29) is 17.5 Å². The van der Waals surface area contributed by atoms with E-state index in [4.69, 9.17) is 9.47 Å². The van der Waals surface area contributed by atoms with E-state index < -0.39 is 0 Å². The molecular formula is C26H38FNO3. The molecule has 0 bridgehead atoms. The first-order chi connectivity index (χ1) is 15.1. The zero-order valence-corrected chi connectivity index (χ0v) is 19.9. The number of ketones is 1. The van der Waals surface area contributed by atoms with E-state index in [2.05, 4.69) is 4.90 Å². The number of halogens is 1. The molecule has 31 heavy (non-hydrogen) atoms. The Morgan fingerprint density at radius 2 is 1.58 bits per heavy atom. The molecule has 0 N–H and O–H groups in total. The molecule has 1 aliphatic rings. The molecule has 0 saturated carbocycles. The minimum Gasteiger partial charge on any atom is -0.493 e. The SMILES string of the molecule is CC.CC.COc1cccc(C(=O)C2CCN(CCc3ccc(F)cc3)CC2)c1OC. The number of methoxy groups -OCH3 is 2. The second kappa shape index (κ2) is 14.6. The van der Waals surface area contributed by atoms with E-state index in [1.807, 2.05) is 52.0 Å². The standard InChI is InChI=1S/C22H26FNO3.2C2H6/c1-26-20-5-3-4-19(22(20)27-2)21(25)17-11-14-24(15-12-17)13-10-16-6-8-18(23)9-7-16;2*1-2/h3-9,17H,10-15H2,1-2H3;2*1-2H3. The first-order valence-corrected chi connectivity index (χ1v) is 11.3. The van der Waals surface area contributed by atoms with Crippen LogP contribution >= 0.6 is 0 Å². The van der Waals surface area contributed by atoms with Crippen molar-refractivity contribution < 1.29 is 18.7 Å². The van der Waals surface area contributed by atoms with E-state index in [9.17, 15) is 9.18 Å². The summed E-state index contributed by atoms with van der Waals surface area (Å²) in [7, 11) is 3.14. The third-order valence-corrected chi connectivity index (χ3v) is 5.26. The molecule has 1 aliphatic heterocycles. The zero-order chi connectivity index (χ0) is 23.2. The number of nitrogens with zero attached hydrogens (tertiary/aromatic N) is 1. The lowest BCUT2D eigenvalue weighted by molar-refractivity contribution is 0.0837. The molecule has 2 aromatic carbocycles. The van der Waals surface area contributed by atoms with Crippen molar-refractivity contribution in [2.24, 2.45) is 5.92 Å². The maximum atomic E-state index is 13.0.